The number of hydrogen-bond donors (Lipinski definition) is 1. The smallest absolute Gasteiger partial charge is 0.178 e. The van der Waals surface area contributed by atoms with Crippen molar-refractivity contribution in [2.45, 2.75) is 37.6 Å². The first kappa shape index (κ1) is 15.3. The van der Waals surface area contributed by atoms with Gasteiger partial charge in [0.1, 0.15) is 0 Å². The van der Waals surface area contributed by atoms with Gasteiger partial charge in [0.15, 0.2) is 9.84 Å². The van der Waals surface area contributed by atoms with E-state index in [1.165, 1.54) is 12.8 Å². The largest absolute Gasteiger partial charge is 0.368 e. The van der Waals surface area contributed by atoms with Crippen LogP contribution in [0.5, 0.6) is 0 Å². The van der Waals surface area contributed by atoms with Gasteiger partial charge in [0.05, 0.1) is 10.6 Å². The standard InChI is InChI=1S/C15H24N2O2S/c1-3-17(14-6-5-11-16-12-14)13-7-9-15(10-8-13)20(18,19)4-2/h7-10,14,16H,3-6,11-12H2,1-2H3. The van der Waals surface area contributed by atoms with Crippen LogP contribution >= 0.6 is 0 Å². The van der Waals surface area contributed by atoms with E-state index < -0.39 is 9.84 Å². The summed E-state index contributed by atoms with van der Waals surface area (Å²) in [5, 5.41) is 3.43. The van der Waals surface area contributed by atoms with Gasteiger partial charge in [-0.05, 0) is 50.6 Å². The van der Waals surface area contributed by atoms with Crippen molar-refractivity contribution in [1.29, 1.82) is 0 Å². The Morgan fingerprint density at radius 3 is 2.45 bits per heavy atom. The molecule has 1 aliphatic heterocycles. The summed E-state index contributed by atoms with van der Waals surface area (Å²) in [6.45, 7) is 6.86. The van der Waals surface area contributed by atoms with E-state index in [9.17, 15) is 8.42 Å². The summed E-state index contributed by atoms with van der Waals surface area (Å²) in [5.41, 5.74) is 1.11. The number of rotatable bonds is 5. The molecule has 1 aromatic carbocycles. The molecule has 0 bridgehead atoms. The first-order chi connectivity index (χ1) is 9.58. The van der Waals surface area contributed by atoms with Gasteiger partial charge in [0.25, 0.3) is 0 Å². The van der Waals surface area contributed by atoms with Gasteiger partial charge in [-0.3, -0.25) is 0 Å². The molecule has 1 heterocycles. The Bertz CT molecular complexity index is 519. The van der Waals surface area contributed by atoms with Crippen molar-refractivity contribution in [3.63, 3.8) is 0 Å². The summed E-state index contributed by atoms with van der Waals surface area (Å²) in [4.78, 5) is 2.77. The van der Waals surface area contributed by atoms with E-state index in [-0.39, 0.29) is 5.75 Å². The Balaban J connectivity index is 2.19. The maximum atomic E-state index is 11.8. The average molecular weight is 296 g/mol. The Morgan fingerprint density at radius 1 is 1.25 bits per heavy atom. The molecule has 0 spiro atoms. The molecule has 112 valence electrons. The molecule has 0 saturated carbocycles. The average Bonchev–Trinajstić information content (AvgIpc) is 2.50. The number of hydrogen-bond acceptors (Lipinski definition) is 4. The topological polar surface area (TPSA) is 49.4 Å². The summed E-state index contributed by atoms with van der Waals surface area (Å²) in [6.07, 6.45) is 2.39. The fourth-order valence-electron chi connectivity index (χ4n) is 2.76. The Hall–Kier alpha value is -1.07. The van der Waals surface area contributed by atoms with Gasteiger partial charge >= 0.3 is 0 Å². The van der Waals surface area contributed by atoms with E-state index in [2.05, 4.69) is 17.1 Å². The molecule has 1 atom stereocenters. The third-order valence-electron chi connectivity index (χ3n) is 3.96. The summed E-state index contributed by atoms with van der Waals surface area (Å²) < 4.78 is 23.7. The zero-order valence-electron chi connectivity index (χ0n) is 12.3. The Morgan fingerprint density at radius 2 is 1.95 bits per heavy atom. The normalized spacial score (nSPS) is 19.8. The highest BCUT2D eigenvalue weighted by molar-refractivity contribution is 7.91. The minimum absolute atomic E-state index is 0.149. The fraction of sp³-hybridized carbons (Fsp3) is 0.600. The van der Waals surface area contributed by atoms with E-state index in [1.54, 1.807) is 19.1 Å². The van der Waals surface area contributed by atoms with Crippen LogP contribution in [-0.2, 0) is 9.84 Å². The number of likely N-dealkylation sites (N-methyl/N-ethyl adjacent to an activating group) is 1. The molecule has 4 nitrogen and oxygen atoms in total. The number of nitrogens with one attached hydrogen (secondary N) is 1. The van der Waals surface area contributed by atoms with Gasteiger partial charge in [-0.1, -0.05) is 6.92 Å². The molecule has 0 aliphatic carbocycles. The van der Waals surface area contributed by atoms with Crippen LogP contribution in [0.1, 0.15) is 26.7 Å². The quantitative estimate of drug-likeness (QED) is 0.903. The highest BCUT2D eigenvalue weighted by Gasteiger charge is 2.20. The highest BCUT2D eigenvalue weighted by Crippen LogP contribution is 2.23. The molecular formula is C15H24N2O2S. The predicted octanol–water partition coefficient (Wildman–Crippen LogP) is 2.06. The molecular weight excluding hydrogens is 272 g/mol. The third-order valence-corrected chi connectivity index (χ3v) is 5.71. The summed E-state index contributed by atoms with van der Waals surface area (Å²) in [6, 6.07) is 7.82. The van der Waals surface area contributed by atoms with Crippen LogP contribution in [0.3, 0.4) is 0 Å². The third kappa shape index (κ3) is 3.33. The van der Waals surface area contributed by atoms with Crippen LogP contribution in [-0.4, -0.2) is 39.8 Å². The van der Waals surface area contributed by atoms with E-state index in [0.717, 1.165) is 25.3 Å². The number of sulfone groups is 1. The maximum Gasteiger partial charge on any atom is 0.178 e. The van der Waals surface area contributed by atoms with Crippen LogP contribution in [0, 0.1) is 0 Å². The lowest BCUT2D eigenvalue weighted by Gasteiger charge is -2.35. The molecule has 1 saturated heterocycles. The molecule has 0 amide bonds. The van der Waals surface area contributed by atoms with Crippen molar-refractivity contribution >= 4 is 15.5 Å². The van der Waals surface area contributed by atoms with Crippen molar-refractivity contribution in [1.82, 2.24) is 5.32 Å². The second-order valence-corrected chi connectivity index (χ2v) is 7.46. The van der Waals surface area contributed by atoms with E-state index in [1.807, 2.05) is 12.1 Å². The number of anilines is 1. The van der Waals surface area contributed by atoms with Gasteiger partial charge in [0, 0.05) is 24.8 Å². The predicted molar refractivity (Wildman–Crippen MR) is 83.1 cm³/mol. The number of benzene rings is 1. The molecule has 20 heavy (non-hydrogen) atoms. The zero-order chi connectivity index (χ0) is 14.6. The molecule has 0 aromatic heterocycles. The second-order valence-electron chi connectivity index (χ2n) is 5.18. The maximum absolute atomic E-state index is 11.8. The monoisotopic (exact) mass is 296 g/mol. The van der Waals surface area contributed by atoms with Crippen LogP contribution in [0.25, 0.3) is 0 Å². The minimum atomic E-state index is -3.10. The van der Waals surface area contributed by atoms with E-state index in [4.69, 9.17) is 0 Å². The lowest BCUT2D eigenvalue weighted by atomic mass is 10.1. The van der Waals surface area contributed by atoms with Gasteiger partial charge in [0.2, 0.25) is 0 Å². The fourth-order valence-corrected chi connectivity index (χ4v) is 3.65. The molecule has 1 aliphatic rings. The lowest BCUT2D eigenvalue weighted by Crippen LogP contribution is -2.46. The SMILES string of the molecule is CCN(c1ccc(S(=O)(=O)CC)cc1)C1CCCNC1. The summed E-state index contributed by atoms with van der Waals surface area (Å²) >= 11 is 0. The molecule has 1 fully saturated rings. The van der Waals surface area contributed by atoms with Gasteiger partial charge in [-0.15, -0.1) is 0 Å². The number of nitrogens with zero attached hydrogens (tertiary/aromatic N) is 1. The van der Waals surface area contributed by atoms with Crippen molar-refractivity contribution in [3.8, 4) is 0 Å². The first-order valence-corrected chi connectivity index (χ1v) is 9.04. The second kappa shape index (κ2) is 6.59. The first-order valence-electron chi connectivity index (χ1n) is 7.38. The molecule has 2 rings (SSSR count). The molecule has 1 N–H and O–H groups in total. The molecule has 0 radical (unpaired) electrons. The van der Waals surface area contributed by atoms with Gasteiger partial charge in [-0.25, -0.2) is 8.42 Å². The van der Waals surface area contributed by atoms with Gasteiger partial charge in [-0.2, -0.15) is 0 Å². The summed E-state index contributed by atoms with van der Waals surface area (Å²) in [5.74, 6) is 0.149. The lowest BCUT2D eigenvalue weighted by molar-refractivity contribution is 0.435. The number of piperidine rings is 1. The van der Waals surface area contributed by atoms with Crippen molar-refractivity contribution in [2.24, 2.45) is 0 Å². The summed E-state index contributed by atoms with van der Waals surface area (Å²) in [7, 11) is -3.10. The Labute approximate surface area is 122 Å². The highest BCUT2D eigenvalue weighted by atomic mass is 32.2. The minimum Gasteiger partial charge on any atom is -0.368 e. The van der Waals surface area contributed by atoms with Crippen molar-refractivity contribution < 1.29 is 8.42 Å². The molecule has 1 aromatic rings. The van der Waals surface area contributed by atoms with Crippen molar-refractivity contribution in [3.05, 3.63) is 24.3 Å². The van der Waals surface area contributed by atoms with Crippen LogP contribution in [0.2, 0.25) is 0 Å². The van der Waals surface area contributed by atoms with Crippen LogP contribution < -0.4 is 10.2 Å². The van der Waals surface area contributed by atoms with Gasteiger partial charge < -0.3 is 10.2 Å². The Kier molecular flexibility index (Phi) is 5.05. The van der Waals surface area contributed by atoms with E-state index in [0.29, 0.717) is 10.9 Å². The van der Waals surface area contributed by atoms with Crippen LogP contribution in [0.4, 0.5) is 5.69 Å². The molecule has 1 unspecified atom stereocenters. The molecule has 5 heteroatoms. The van der Waals surface area contributed by atoms with E-state index >= 15 is 0 Å². The van der Waals surface area contributed by atoms with Crippen molar-refractivity contribution in [2.75, 3.05) is 30.3 Å². The zero-order valence-corrected chi connectivity index (χ0v) is 13.1. The van der Waals surface area contributed by atoms with Crippen LogP contribution in [0.15, 0.2) is 29.2 Å².